The van der Waals surface area contributed by atoms with Gasteiger partial charge in [-0.05, 0) is 42.8 Å². The van der Waals surface area contributed by atoms with E-state index in [2.05, 4.69) is 20.7 Å². The zero-order valence-electron chi connectivity index (χ0n) is 11.4. The molecule has 1 N–H and O–H groups in total. The number of rotatable bonds is 4. The normalized spacial score (nSPS) is 11.2. The molecule has 7 heteroatoms. The van der Waals surface area contributed by atoms with Crippen LogP contribution in [-0.4, -0.2) is 15.5 Å². The van der Waals surface area contributed by atoms with E-state index in [1.165, 1.54) is 13.2 Å². The van der Waals surface area contributed by atoms with Gasteiger partial charge in [-0.15, -0.1) is 0 Å². The Bertz CT molecular complexity index is 778. The molecule has 0 fully saturated rings. The molecule has 0 saturated carbocycles. The number of halogens is 2. The third-order valence-corrected chi connectivity index (χ3v) is 4.99. The summed E-state index contributed by atoms with van der Waals surface area (Å²) < 4.78 is 33.3. The minimum absolute atomic E-state index is 0.0388. The summed E-state index contributed by atoms with van der Waals surface area (Å²) in [7, 11) is -2.39. The highest BCUT2D eigenvalue weighted by Gasteiger charge is 2.21. The lowest BCUT2D eigenvalue weighted by Crippen LogP contribution is -2.14. The average Bonchev–Trinajstić information content (AvgIpc) is 2.42. The molecule has 0 amide bonds. The van der Waals surface area contributed by atoms with Crippen molar-refractivity contribution in [3.8, 4) is 5.75 Å². The van der Waals surface area contributed by atoms with Crippen molar-refractivity contribution in [3.63, 3.8) is 0 Å². The SMILES string of the molecule is COc1ccc(Br)cc1S(=O)(=O)Nc1cc(C)ccc1Cl. The van der Waals surface area contributed by atoms with Crippen molar-refractivity contribution in [1.82, 2.24) is 0 Å². The Morgan fingerprint density at radius 1 is 1.19 bits per heavy atom. The average molecular weight is 391 g/mol. The number of hydrogen-bond donors (Lipinski definition) is 1. The summed E-state index contributed by atoms with van der Waals surface area (Å²) >= 11 is 9.28. The zero-order chi connectivity index (χ0) is 15.6. The molecule has 2 aromatic carbocycles. The van der Waals surface area contributed by atoms with E-state index in [1.54, 1.807) is 30.3 Å². The number of sulfonamides is 1. The summed E-state index contributed by atoms with van der Waals surface area (Å²) in [6.07, 6.45) is 0. The Morgan fingerprint density at radius 2 is 1.90 bits per heavy atom. The molecule has 4 nitrogen and oxygen atoms in total. The number of nitrogens with one attached hydrogen (secondary N) is 1. The van der Waals surface area contributed by atoms with E-state index in [-0.39, 0.29) is 10.6 Å². The van der Waals surface area contributed by atoms with Crippen molar-refractivity contribution >= 4 is 43.2 Å². The van der Waals surface area contributed by atoms with E-state index in [1.807, 2.05) is 6.92 Å². The zero-order valence-corrected chi connectivity index (χ0v) is 14.5. The van der Waals surface area contributed by atoms with Crippen molar-refractivity contribution in [2.75, 3.05) is 11.8 Å². The molecule has 0 atom stereocenters. The summed E-state index contributed by atoms with van der Waals surface area (Å²) in [4.78, 5) is 0.0388. The Balaban J connectivity index is 2.48. The third kappa shape index (κ3) is 3.70. The second-order valence-corrected chi connectivity index (χ2v) is 7.36. The van der Waals surface area contributed by atoms with Crippen molar-refractivity contribution in [3.05, 3.63) is 51.5 Å². The van der Waals surface area contributed by atoms with Gasteiger partial charge >= 0.3 is 0 Å². The molecule has 0 spiro atoms. The maximum absolute atomic E-state index is 12.5. The molecule has 0 bridgehead atoms. The van der Waals surface area contributed by atoms with Gasteiger partial charge in [0.1, 0.15) is 10.6 Å². The van der Waals surface area contributed by atoms with Crippen LogP contribution in [0.2, 0.25) is 5.02 Å². The van der Waals surface area contributed by atoms with Crippen LogP contribution in [0.4, 0.5) is 5.69 Å². The van der Waals surface area contributed by atoms with Crippen LogP contribution in [0.15, 0.2) is 45.8 Å². The van der Waals surface area contributed by atoms with Crippen LogP contribution in [0.25, 0.3) is 0 Å². The van der Waals surface area contributed by atoms with Gasteiger partial charge in [0.25, 0.3) is 10.0 Å². The molecule has 0 radical (unpaired) electrons. The number of aryl methyl sites for hydroxylation is 1. The van der Waals surface area contributed by atoms with Crippen molar-refractivity contribution in [2.45, 2.75) is 11.8 Å². The summed E-state index contributed by atoms with van der Waals surface area (Å²) in [5.41, 5.74) is 1.23. The fraction of sp³-hybridized carbons (Fsp3) is 0.143. The van der Waals surface area contributed by atoms with E-state index < -0.39 is 10.0 Å². The summed E-state index contributed by atoms with van der Waals surface area (Å²) in [6.45, 7) is 1.85. The molecule has 0 saturated heterocycles. The number of anilines is 1. The summed E-state index contributed by atoms with van der Waals surface area (Å²) in [6, 6.07) is 9.88. The summed E-state index contributed by atoms with van der Waals surface area (Å²) in [5.74, 6) is 0.259. The van der Waals surface area contributed by atoms with Crippen LogP contribution in [0.3, 0.4) is 0 Å². The highest BCUT2D eigenvalue weighted by atomic mass is 79.9. The van der Waals surface area contributed by atoms with E-state index in [4.69, 9.17) is 16.3 Å². The topological polar surface area (TPSA) is 55.4 Å². The van der Waals surface area contributed by atoms with E-state index in [9.17, 15) is 8.42 Å². The number of methoxy groups -OCH3 is 1. The van der Waals surface area contributed by atoms with Gasteiger partial charge in [-0.2, -0.15) is 0 Å². The lowest BCUT2D eigenvalue weighted by molar-refractivity contribution is 0.403. The Morgan fingerprint density at radius 3 is 2.57 bits per heavy atom. The van der Waals surface area contributed by atoms with Crippen LogP contribution in [0, 0.1) is 6.92 Å². The van der Waals surface area contributed by atoms with Gasteiger partial charge in [-0.3, -0.25) is 4.72 Å². The Kier molecular flexibility index (Phi) is 4.81. The van der Waals surface area contributed by atoms with Crippen molar-refractivity contribution < 1.29 is 13.2 Å². The van der Waals surface area contributed by atoms with E-state index in [0.29, 0.717) is 15.2 Å². The van der Waals surface area contributed by atoms with Crippen LogP contribution in [-0.2, 0) is 10.0 Å². The monoisotopic (exact) mass is 389 g/mol. The van der Waals surface area contributed by atoms with Crippen molar-refractivity contribution in [1.29, 1.82) is 0 Å². The van der Waals surface area contributed by atoms with Gasteiger partial charge in [-0.1, -0.05) is 33.6 Å². The molecular weight excluding hydrogens is 378 g/mol. The Labute approximate surface area is 137 Å². The van der Waals surface area contributed by atoms with E-state index in [0.717, 1.165) is 5.56 Å². The van der Waals surface area contributed by atoms with Crippen LogP contribution < -0.4 is 9.46 Å². The van der Waals surface area contributed by atoms with Crippen LogP contribution in [0.5, 0.6) is 5.75 Å². The van der Waals surface area contributed by atoms with Crippen LogP contribution >= 0.6 is 27.5 Å². The molecule has 0 aromatic heterocycles. The first kappa shape index (κ1) is 16.1. The minimum Gasteiger partial charge on any atom is -0.495 e. The molecule has 0 aliphatic heterocycles. The number of hydrogen-bond acceptors (Lipinski definition) is 3. The molecular formula is C14H13BrClNO3S. The quantitative estimate of drug-likeness (QED) is 0.850. The smallest absolute Gasteiger partial charge is 0.265 e. The van der Waals surface area contributed by atoms with Gasteiger partial charge in [0, 0.05) is 4.47 Å². The lowest BCUT2D eigenvalue weighted by Gasteiger charge is -2.13. The molecule has 0 heterocycles. The van der Waals surface area contributed by atoms with Gasteiger partial charge in [-0.25, -0.2) is 8.42 Å². The van der Waals surface area contributed by atoms with E-state index >= 15 is 0 Å². The highest BCUT2D eigenvalue weighted by molar-refractivity contribution is 9.10. The molecule has 0 aliphatic rings. The second-order valence-electron chi connectivity index (χ2n) is 4.38. The van der Waals surface area contributed by atoms with Gasteiger partial charge in [0.2, 0.25) is 0 Å². The predicted molar refractivity (Wildman–Crippen MR) is 87.7 cm³/mol. The van der Waals surface area contributed by atoms with Gasteiger partial charge in [0.15, 0.2) is 0 Å². The lowest BCUT2D eigenvalue weighted by atomic mass is 10.2. The summed E-state index contributed by atoms with van der Waals surface area (Å²) in [5, 5.41) is 0.332. The number of ether oxygens (including phenoxy) is 1. The number of benzene rings is 2. The van der Waals surface area contributed by atoms with Crippen LogP contribution in [0.1, 0.15) is 5.56 Å². The van der Waals surface area contributed by atoms with Crippen molar-refractivity contribution in [2.24, 2.45) is 0 Å². The largest absolute Gasteiger partial charge is 0.495 e. The molecule has 21 heavy (non-hydrogen) atoms. The van der Waals surface area contributed by atoms with Gasteiger partial charge in [0.05, 0.1) is 17.8 Å². The molecule has 0 unspecified atom stereocenters. The minimum atomic E-state index is -3.81. The second kappa shape index (κ2) is 6.25. The first-order chi connectivity index (χ1) is 9.83. The predicted octanol–water partition coefficient (Wildman–Crippen LogP) is 4.22. The standard InChI is InChI=1S/C14H13BrClNO3S/c1-9-3-5-11(16)12(7-9)17-21(18,19)14-8-10(15)4-6-13(14)20-2/h3-8,17H,1-2H3. The highest BCUT2D eigenvalue weighted by Crippen LogP contribution is 2.31. The fourth-order valence-electron chi connectivity index (χ4n) is 1.78. The Hall–Kier alpha value is -1.24. The first-order valence-electron chi connectivity index (χ1n) is 5.96. The molecule has 0 aliphatic carbocycles. The first-order valence-corrected chi connectivity index (χ1v) is 8.61. The molecule has 2 rings (SSSR count). The fourth-order valence-corrected chi connectivity index (χ4v) is 3.78. The molecule has 112 valence electrons. The molecule has 2 aromatic rings. The third-order valence-electron chi connectivity index (χ3n) is 2.78. The maximum atomic E-state index is 12.5. The van der Waals surface area contributed by atoms with Gasteiger partial charge < -0.3 is 4.74 Å². The maximum Gasteiger partial charge on any atom is 0.265 e.